The Morgan fingerprint density at radius 2 is 2.04 bits per heavy atom. The van der Waals surface area contributed by atoms with E-state index < -0.39 is 4.92 Å². The van der Waals surface area contributed by atoms with Gasteiger partial charge in [-0.05, 0) is 24.3 Å². The van der Waals surface area contributed by atoms with Crippen LogP contribution in [0.3, 0.4) is 0 Å². The number of nitrogens with zero attached hydrogens (tertiary/aromatic N) is 3. The molecule has 2 aromatic carbocycles. The van der Waals surface area contributed by atoms with Crippen LogP contribution in [0.2, 0.25) is 10.0 Å². The van der Waals surface area contributed by atoms with E-state index in [1.54, 1.807) is 24.3 Å². The summed E-state index contributed by atoms with van der Waals surface area (Å²) >= 11 is 13.0. The number of anilines is 1. The number of hydrogen-bond acceptors (Lipinski definition) is 7. The lowest BCUT2D eigenvalue weighted by atomic mass is 10.2. The molecule has 3 rings (SSSR count). The Labute approximate surface area is 167 Å². The second-order valence-electron chi connectivity index (χ2n) is 5.14. The number of benzene rings is 2. The van der Waals surface area contributed by atoms with Crippen molar-refractivity contribution in [3.63, 3.8) is 0 Å². The normalized spacial score (nSPS) is 10.6. The molecule has 27 heavy (non-hydrogen) atoms. The van der Waals surface area contributed by atoms with E-state index in [9.17, 15) is 14.9 Å². The summed E-state index contributed by atoms with van der Waals surface area (Å²) in [6, 6.07) is 10.5. The zero-order valence-corrected chi connectivity index (χ0v) is 15.7. The lowest BCUT2D eigenvalue weighted by molar-refractivity contribution is -0.384. The number of nitro groups is 1. The molecule has 1 amide bonds. The van der Waals surface area contributed by atoms with Gasteiger partial charge in [-0.1, -0.05) is 41.0 Å². The van der Waals surface area contributed by atoms with Crippen LogP contribution < -0.4 is 5.32 Å². The molecule has 11 heteroatoms. The van der Waals surface area contributed by atoms with Gasteiger partial charge in [0.15, 0.2) is 0 Å². The second kappa shape index (κ2) is 8.38. The molecular formula is C16H10Cl2N4O4S. The number of carbonyl (C=O) groups excluding carboxylic acids is 1. The minimum Gasteiger partial charge on any atom is -0.411 e. The Morgan fingerprint density at radius 3 is 2.78 bits per heavy atom. The Hall–Kier alpha value is -2.62. The van der Waals surface area contributed by atoms with Gasteiger partial charge >= 0.3 is 0 Å². The summed E-state index contributed by atoms with van der Waals surface area (Å²) < 4.78 is 5.49. The molecule has 0 radical (unpaired) electrons. The van der Waals surface area contributed by atoms with Gasteiger partial charge in [0.05, 0.1) is 21.3 Å². The third kappa shape index (κ3) is 4.97. The van der Waals surface area contributed by atoms with Crippen molar-refractivity contribution >= 4 is 52.2 Å². The molecule has 1 N–H and O–H groups in total. The standard InChI is InChI=1S/C16H10Cl2N4O4S/c17-9-4-5-12(13(18)6-9)15-20-21-16(26-15)27-8-14(23)19-10-2-1-3-11(7-10)22(24)25/h1-7H,8H2,(H,19,23). The maximum Gasteiger partial charge on any atom is 0.277 e. The van der Waals surface area contributed by atoms with Crippen LogP contribution in [0.1, 0.15) is 0 Å². The quantitative estimate of drug-likeness (QED) is 0.347. The number of nitro benzene ring substituents is 1. The molecule has 0 atom stereocenters. The van der Waals surface area contributed by atoms with Crippen molar-refractivity contribution in [3.05, 3.63) is 62.6 Å². The zero-order valence-electron chi connectivity index (χ0n) is 13.4. The summed E-state index contributed by atoms with van der Waals surface area (Å²) in [6.07, 6.45) is 0. The Morgan fingerprint density at radius 1 is 1.22 bits per heavy atom. The first-order chi connectivity index (χ1) is 12.9. The summed E-state index contributed by atoms with van der Waals surface area (Å²) in [4.78, 5) is 22.2. The molecule has 8 nitrogen and oxygen atoms in total. The number of thioether (sulfide) groups is 1. The van der Waals surface area contributed by atoms with Gasteiger partial charge in [0.25, 0.3) is 10.9 Å². The number of hydrogen-bond donors (Lipinski definition) is 1. The minimum atomic E-state index is -0.535. The number of aromatic nitrogens is 2. The number of halogens is 2. The fraction of sp³-hybridized carbons (Fsp3) is 0.0625. The van der Waals surface area contributed by atoms with Crippen LogP contribution in [0, 0.1) is 10.1 Å². The fourth-order valence-electron chi connectivity index (χ4n) is 2.06. The molecule has 0 aliphatic rings. The van der Waals surface area contributed by atoms with Crippen LogP contribution in [0.25, 0.3) is 11.5 Å². The van der Waals surface area contributed by atoms with Gasteiger partial charge in [-0.2, -0.15) is 0 Å². The lowest BCUT2D eigenvalue weighted by Crippen LogP contribution is -2.14. The minimum absolute atomic E-state index is 0.0152. The average Bonchev–Trinajstić information content (AvgIpc) is 3.09. The molecule has 0 spiro atoms. The van der Waals surface area contributed by atoms with Gasteiger partial charge in [-0.25, -0.2) is 0 Å². The molecule has 0 fully saturated rings. The first-order valence-electron chi connectivity index (χ1n) is 7.38. The summed E-state index contributed by atoms with van der Waals surface area (Å²) in [6.45, 7) is 0. The van der Waals surface area contributed by atoms with E-state index in [2.05, 4.69) is 15.5 Å². The maximum absolute atomic E-state index is 12.0. The molecule has 3 aromatic rings. The van der Waals surface area contributed by atoms with E-state index in [0.717, 1.165) is 11.8 Å². The van der Waals surface area contributed by atoms with Crippen LogP contribution >= 0.6 is 35.0 Å². The van der Waals surface area contributed by atoms with Gasteiger partial charge in [0.1, 0.15) is 0 Å². The maximum atomic E-state index is 12.0. The predicted octanol–water partition coefficient (Wildman–Crippen LogP) is 4.68. The van der Waals surface area contributed by atoms with Crippen molar-refractivity contribution in [1.29, 1.82) is 0 Å². The Bertz CT molecular complexity index is 1010. The van der Waals surface area contributed by atoms with E-state index >= 15 is 0 Å². The molecule has 0 saturated heterocycles. The van der Waals surface area contributed by atoms with Crippen molar-refractivity contribution < 1.29 is 14.1 Å². The zero-order chi connectivity index (χ0) is 19.4. The fourth-order valence-corrected chi connectivity index (χ4v) is 3.11. The monoisotopic (exact) mass is 424 g/mol. The van der Waals surface area contributed by atoms with Crippen molar-refractivity contribution in [2.75, 3.05) is 11.1 Å². The van der Waals surface area contributed by atoms with Crippen molar-refractivity contribution in [2.45, 2.75) is 5.22 Å². The lowest BCUT2D eigenvalue weighted by Gasteiger charge is -2.03. The highest BCUT2D eigenvalue weighted by atomic mass is 35.5. The molecule has 1 heterocycles. The molecule has 0 unspecified atom stereocenters. The highest BCUT2D eigenvalue weighted by molar-refractivity contribution is 7.99. The SMILES string of the molecule is O=C(CSc1nnc(-c2ccc(Cl)cc2Cl)o1)Nc1cccc([N+](=O)[O-])c1. The first kappa shape index (κ1) is 19.2. The van der Waals surface area contributed by atoms with E-state index in [1.165, 1.54) is 18.2 Å². The summed E-state index contributed by atoms with van der Waals surface area (Å²) in [7, 11) is 0. The van der Waals surface area contributed by atoms with Crippen LogP contribution in [0.5, 0.6) is 0 Å². The van der Waals surface area contributed by atoms with Gasteiger partial charge in [-0.3, -0.25) is 14.9 Å². The van der Waals surface area contributed by atoms with Crippen LogP contribution in [0.15, 0.2) is 52.1 Å². The molecule has 0 bridgehead atoms. The molecular weight excluding hydrogens is 415 g/mol. The van der Waals surface area contributed by atoms with Gasteiger partial charge in [0, 0.05) is 22.8 Å². The molecule has 1 aromatic heterocycles. The van der Waals surface area contributed by atoms with Crippen molar-refractivity contribution in [1.82, 2.24) is 10.2 Å². The molecule has 0 aliphatic heterocycles. The number of nitrogens with one attached hydrogen (secondary N) is 1. The summed E-state index contributed by atoms with van der Waals surface area (Å²) in [5.41, 5.74) is 0.747. The second-order valence-corrected chi connectivity index (χ2v) is 6.91. The van der Waals surface area contributed by atoms with Gasteiger partial charge in [-0.15, -0.1) is 10.2 Å². The number of amides is 1. The van der Waals surface area contributed by atoms with E-state index in [4.69, 9.17) is 27.6 Å². The van der Waals surface area contributed by atoms with E-state index in [0.29, 0.717) is 21.3 Å². The number of rotatable bonds is 6. The molecule has 0 saturated carbocycles. The molecule has 0 aliphatic carbocycles. The summed E-state index contributed by atoms with van der Waals surface area (Å²) in [5, 5.41) is 22.1. The smallest absolute Gasteiger partial charge is 0.277 e. The highest BCUT2D eigenvalue weighted by Crippen LogP contribution is 2.31. The Balaban J connectivity index is 1.60. The van der Waals surface area contributed by atoms with E-state index in [-0.39, 0.29) is 28.5 Å². The topological polar surface area (TPSA) is 111 Å². The predicted molar refractivity (Wildman–Crippen MR) is 102 cm³/mol. The van der Waals surface area contributed by atoms with Gasteiger partial charge in [0.2, 0.25) is 11.8 Å². The summed E-state index contributed by atoms with van der Waals surface area (Å²) in [5.74, 6) is -0.179. The highest BCUT2D eigenvalue weighted by Gasteiger charge is 2.14. The Kier molecular flexibility index (Phi) is 5.94. The van der Waals surface area contributed by atoms with Crippen molar-refractivity contribution in [3.8, 4) is 11.5 Å². The van der Waals surface area contributed by atoms with Crippen LogP contribution in [0.4, 0.5) is 11.4 Å². The third-order valence-corrected chi connectivity index (χ3v) is 4.60. The number of carbonyl (C=O) groups is 1. The van der Waals surface area contributed by atoms with Crippen LogP contribution in [-0.4, -0.2) is 26.8 Å². The van der Waals surface area contributed by atoms with Gasteiger partial charge < -0.3 is 9.73 Å². The molecule has 138 valence electrons. The third-order valence-electron chi connectivity index (χ3n) is 3.24. The van der Waals surface area contributed by atoms with Crippen molar-refractivity contribution in [2.24, 2.45) is 0 Å². The van der Waals surface area contributed by atoms with Crippen LogP contribution in [-0.2, 0) is 4.79 Å². The first-order valence-corrected chi connectivity index (χ1v) is 9.12. The number of non-ortho nitro benzene ring substituents is 1. The largest absolute Gasteiger partial charge is 0.411 e. The average molecular weight is 425 g/mol. The van der Waals surface area contributed by atoms with E-state index in [1.807, 2.05) is 0 Å².